The molecule has 1 saturated carbocycles. The summed E-state index contributed by atoms with van der Waals surface area (Å²) in [5.74, 6) is 1.49. The minimum Gasteiger partial charge on any atom is -0.368 e. The van der Waals surface area contributed by atoms with Gasteiger partial charge in [0.2, 0.25) is 5.91 Å². The molecule has 0 radical (unpaired) electrons. The zero-order valence-electron chi connectivity index (χ0n) is 15.8. The Morgan fingerprint density at radius 1 is 1.15 bits per heavy atom. The summed E-state index contributed by atoms with van der Waals surface area (Å²) in [6.45, 7) is 4.49. The average Bonchev–Trinajstić information content (AvgIpc) is 3.49. The zero-order valence-corrected chi connectivity index (χ0v) is 18.1. The third-order valence-electron chi connectivity index (χ3n) is 4.93. The van der Waals surface area contributed by atoms with E-state index in [0.717, 1.165) is 37.2 Å². The number of nitrogens with one attached hydrogen (secondary N) is 2. The molecular formula is C19H29FIN5O. The van der Waals surface area contributed by atoms with Crippen molar-refractivity contribution in [3.05, 3.63) is 30.1 Å². The number of aliphatic imine (C=N–C) groups is 1. The van der Waals surface area contributed by atoms with Crippen LogP contribution in [0.5, 0.6) is 0 Å². The molecular weight excluding hydrogens is 460 g/mol. The van der Waals surface area contributed by atoms with Crippen LogP contribution < -0.4 is 15.5 Å². The lowest BCUT2D eigenvalue weighted by atomic mass is 10.2. The van der Waals surface area contributed by atoms with Crippen LogP contribution in [0.2, 0.25) is 0 Å². The van der Waals surface area contributed by atoms with Crippen molar-refractivity contribution < 1.29 is 9.18 Å². The first-order chi connectivity index (χ1) is 12.7. The highest BCUT2D eigenvalue weighted by Crippen LogP contribution is 2.27. The summed E-state index contributed by atoms with van der Waals surface area (Å²) in [5, 5.41) is 6.50. The molecule has 0 unspecified atom stereocenters. The molecule has 0 aromatic heterocycles. The first kappa shape index (κ1) is 21.7. The third-order valence-corrected chi connectivity index (χ3v) is 4.93. The molecule has 0 spiro atoms. The van der Waals surface area contributed by atoms with Crippen LogP contribution in [0.3, 0.4) is 0 Å². The number of benzene rings is 1. The molecule has 1 heterocycles. The topological polar surface area (TPSA) is 60.0 Å². The van der Waals surface area contributed by atoms with E-state index in [-0.39, 0.29) is 35.7 Å². The van der Waals surface area contributed by atoms with Crippen molar-refractivity contribution in [1.82, 2.24) is 15.5 Å². The van der Waals surface area contributed by atoms with Crippen LogP contribution in [0.15, 0.2) is 29.3 Å². The smallest absolute Gasteiger partial charge is 0.224 e. The second-order valence-corrected chi connectivity index (χ2v) is 6.92. The number of anilines is 1. The van der Waals surface area contributed by atoms with Crippen molar-refractivity contribution in [2.24, 2.45) is 10.9 Å². The zero-order chi connectivity index (χ0) is 18.4. The summed E-state index contributed by atoms with van der Waals surface area (Å²) in [6.07, 6.45) is 3.05. The number of rotatable bonds is 6. The van der Waals surface area contributed by atoms with Gasteiger partial charge < -0.3 is 20.4 Å². The van der Waals surface area contributed by atoms with Gasteiger partial charge in [0.05, 0.1) is 0 Å². The van der Waals surface area contributed by atoms with E-state index < -0.39 is 0 Å². The van der Waals surface area contributed by atoms with Gasteiger partial charge >= 0.3 is 0 Å². The van der Waals surface area contributed by atoms with E-state index in [1.54, 1.807) is 19.2 Å². The Morgan fingerprint density at radius 2 is 1.81 bits per heavy atom. The minimum absolute atomic E-state index is 0. The number of piperazine rings is 1. The van der Waals surface area contributed by atoms with Crippen LogP contribution in [0.4, 0.5) is 10.1 Å². The highest BCUT2D eigenvalue weighted by molar-refractivity contribution is 14.0. The molecule has 8 heteroatoms. The van der Waals surface area contributed by atoms with Gasteiger partial charge in [-0.3, -0.25) is 9.79 Å². The summed E-state index contributed by atoms with van der Waals surface area (Å²) in [7, 11) is 1.75. The fourth-order valence-corrected chi connectivity index (χ4v) is 3.10. The van der Waals surface area contributed by atoms with Crippen molar-refractivity contribution in [3.63, 3.8) is 0 Å². The van der Waals surface area contributed by atoms with E-state index in [2.05, 4.69) is 20.5 Å². The summed E-state index contributed by atoms with van der Waals surface area (Å²) < 4.78 is 13.0. The van der Waals surface area contributed by atoms with Gasteiger partial charge in [-0.05, 0) is 43.0 Å². The van der Waals surface area contributed by atoms with Gasteiger partial charge in [0.1, 0.15) is 5.82 Å². The number of guanidine groups is 1. The molecule has 2 N–H and O–H groups in total. The predicted molar refractivity (Wildman–Crippen MR) is 117 cm³/mol. The molecule has 1 aliphatic carbocycles. The van der Waals surface area contributed by atoms with Crippen molar-refractivity contribution in [3.8, 4) is 0 Å². The molecule has 1 amide bonds. The molecule has 1 aromatic carbocycles. The van der Waals surface area contributed by atoms with E-state index >= 15 is 0 Å². The quantitative estimate of drug-likeness (QED) is 0.365. The van der Waals surface area contributed by atoms with Gasteiger partial charge in [-0.1, -0.05) is 0 Å². The van der Waals surface area contributed by atoms with E-state index in [1.165, 1.54) is 25.0 Å². The fraction of sp³-hybridized carbons (Fsp3) is 0.579. The summed E-state index contributed by atoms with van der Waals surface area (Å²) in [5.41, 5.74) is 1.01. The number of amides is 1. The van der Waals surface area contributed by atoms with Crippen LogP contribution >= 0.6 is 24.0 Å². The Labute approximate surface area is 177 Å². The monoisotopic (exact) mass is 489 g/mol. The molecule has 150 valence electrons. The molecule has 2 aliphatic rings. The van der Waals surface area contributed by atoms with Crippen LogP contribution in [-0.2, 0) is 4.79 Å². The maximum atomic E-state index is 13.0. The lowest BCUT2D eigenvalue weighted by molar-refractivity contribution is -0.131. The van der Waals surface area contributed by atoms with Gasteiger partial charge in [0, 0.05) is 58.4 Å². The van der Waals surface area contributed by atoms with E-state index in [0.29, 0.717) is 26.1 Å². The number of carbonyl (C=O) groups excluding carboxylic acids is 1. The lowest BCUT2D eigenvalue weighted by Crippen LogP contribution is -2.49. The summed E-state index contributed by atoms with van der Waals surface area (Å²) in [4.78, 5) is 20.7. The highest BCUT2D eigenvalue weighted by atomic mass is 127. The summed E-state index contributed by atoms with van der Waals surface area (Å²) in [6, 6.07) is 6.53. The second-order valence-electron chi connectivity index (χ2n) is 6.92. The first-order valence-corrected chi connectivity index (χ1v) is 9.38. The highest BCUT2D eigenvalue weighted by Gasteiger charge is 2.22. The number of hydrogen-bond acceptors (Lipinski definition) is 3. The van der Waals surface area contributed by atoms with Crippen molar-refractivity contribution >= 4 is 41.5 Å². The van der Waals surface area contributed by atoms with E-state index in [9.17, 15) is 9.18 Å². The van der Waals surface area contributed by atoms with Crippen LogP contribution in [0.25, 0.3) is 0 Å². The van der Waals surface area contributed by atoms with Gasteiger partial charge in [-0.15, -0.1) is 24.0 Å². The molecule has 27 heavy (non-hydrogen) atoms. The van der Waals surface area contributed by atoms with Crippen molar-refractivity contribution in [2.75, 3.05) is 51.2 Å². The normalized spacial score (nSPS) is 17.3. The van der Waals surface area contributed by atoms with Crippen LogP contribution in [0, 0.1) is 11.7 Å². The molecule has 3 rings (SSSR count). The number of hydrogen-bond donors (Lipinski definition) is 2. The lowest BCUT2D eigenvalue weighted by Gasteiger charge is -2.36. The molecule has 1 aromatic rings. The van der Waals surface area contributed by atoms with Crippen LogP contribution in [0.1, 0.15) is 19.3 Å². The fourth-order valence-electron chi connectivity index (χ4n) is 3.10. The van der Waals surface area contributed by atoms with Gasteiger partial charge in [0.25, 0.3) is 0 Å². The van der Waals surface area contributed by atoms with Crippen LogP contribution in [-0.4, -0.2) is 63.1 Å². The molecule has 1 aliphatic heterocycles. The number of nitrogens with zero attached hydrogens (tertiary/aromatic N) is 3. The van der Waals surface area contributed by atoms with Crippen molar-refractivity contribution in [1.29, 1.82) is 0 Å². The van der Waals surface area contributed by atoms with Gasteiger partial charge in [0.15, 0.2) is 5.96 Å². The Balaban J connectivity index is 0.00000261. The molecule has 6 nitrogen and oxygen atoms in total. The SMILES string of the molecule is CN=C(NCCC(=O)N1CCN(c2ccc(F)cc2)CC1)NCC1CC1.I. The maximum Gasteiger partial charge on any atom is 0.224 e. The Morgan fingerprint density at radius 3 is 2.41 bits per heavy atom. The Kier molecular flexibility index (Phi) is 8.59. The summed E-state index contributed by atoms with van der Waals surface area (Å²) >= 11 is 0. The van der Waals surface area contributed by atoms with E-state index in [1.807, 2.05) is 4.90 Å². The largest absolute Gasteiger partial charge is 0.368 e. The molecule has 0 bridgehead atoms. The second kappa shape index (κ2) is 10.7. The Hall–Kier alpha value is -1.58. The molecule has 0 atom stereocenters. The molecule has 2 fully saturated rings. The third kappa shape index (κ3) is 6.82. The average molecular weight is 489 g/mol. The van der Waals surface area contributed by atoms with Gasteiger partial charge in [-0.25, -0.2) is 4.39 Å². The molecule has 1 saturated heterocycles. The predicted octanol–water partition coefficient (Wildman–Crippen LogP) is 2.06. The van der Waals surface area contributed by atoms with E-state index in [4.69, 9.17) is 0 Å². The Bertz CT molecular complexity index is 627. The van der Waals surface area contributed by atoms with Gasteiger partial charge in [-0.2, -0.15) is 0 Å². The van der Waals surface area contributed by atoms with Crippen molar-refractivity contribution in [2.45, 2.75) is 19.3 Å². The standard InChI is InChI=1S/C19H28FN5O.HI/c1-21-19(23-14-15-2-3-15)22-9-8-18(26)25-12-10-24(11-13-25)17-6-4-16(20)5-7-17;/h4-7,15H,2-3,8-14H2,1H3,(H2,21,22,23);1H. The number of halogens is 2. The maximum absolute atomic E-state index is 13.0. The number of carbonyl (C=O) groups is 1. The minimum atomic E-state index is -0.225. The first-order valence-electron chi connectivity index (χ1n) is 9.38.